The average molecular weight is 480 g/mol. The second kappa shape index (κ2) is 14.1. The largest absolute Gasteiger partial charge is 0.444 e. The lowest BCUT2D eigenvalue weighted by Crippen LogP contribution is -2.53. The number of amides is 3. The zero-order valence-electron chi connectivity index (χ0n) is 21.2. The highest BCUT2D eigenvalue weighted by Gasteiger charge is 2.35. The fourth-order valence-electron chi connectivity index (χ4n) is 3.44. The van der Waals surface area contributed by atoms with Gasteiger partial charge in [-0.3, -0.25) is 9.59 Å². The van der Waals surface area contributed by atoms with Crippen LogP contribution < -0.4 is 10.6 Å². The van der Waals surface area contributed by atoms with Gasteiger partial charge in [-0.1, -0.05) is 37.6 Å². The Morgan fingerprint density at radius 2 is 1.82 bits per heavy atom. The molecule has 2 N–H and O–H groups in total. The molecular weight excluding hydrogens is 438 g/mol. The summed E-state index contributed by atoms with van der Waals surface area (Å²) in [5.41, 5.74) is 1.03. The van der Waals surface area contributed by atoms with Crippen molar-refractivity contribution in [3.63, 3.8) is 0 Å². The summed E-state index contributed by atoms with van der Waals surface area (Å²) in [5, 5.41) is 5.72. The zero-order valence-corrected chi connectivity index (χ0v) is 22.0. The number of likely N-dealkylation sites (N-methyl/N-ethyl adjacent to an activating group) is 1. The SMILES string of the molecule is CCCCNC(=O)C(c1ccccc1C)N(CC)C(=O)C(CCSC)NC(=O)OC(C)(C)C. The van der Waals surface area contributed by atoms with Crippen LogP contribution in [0.5, 0.6) is 0 Å². The van der Waals surface area contributed by atoms with Gasteiger partial charge in [-0.25, -0.2) is 4.79 Å². The number of carbonyl (C=O) groups is 3. The number of hydrogen-bond donors (Lipinski definition) is 2. The van der Waals surface area contributed by atoms with E-state index in [0.29, 0.717) is 25.3 Å². The Morgan fingerprint density at radius 3 is 2.36 bits per heavy atom. The molecule has 0 saturated carbocycles. The first kappa shape index (κ1) is 28.8. The Kier molecular flexibility index (Phi) is 12.3. The van der Waals surface area contributed by atoms with E-state index in [2.05, 4.69) is 17.6 Å². The van der Waals surface area contributed by atoms with E-state index < -0.39 is 23.8 Å². The number of nitrogens with zero attached hydrogens (tertiary/aromatic N) is 1. The van der Waals surface area contributed by atoms with E-state index in [1.54, 1.807) is 37.4 Å². The number of carbonyl (C=O) groups excluding carboxylic acids is 3. The summed E-state index contributed by atoms with van der Waals surface area (Å²) in [6.07, 6.45) is 3.57. The van der Waals surface area contributed by atoms with Crippen LogP contribution in [-0.2, 0) is 14.3 Å². The van der Waals surface area contributed by atoms with E-state index in [4.69, 9.17) is 4.74 Å². The van der Waals surface area contributed by atoms with Crippen molar-refractivity contribution in [3.8, 4) is 0 Å². The van der Waals surface area contributed by atoms with Crippen LogP contribution in [0.25, 0.3) is 0 Å². The molecule has 1 rings (SSSR count). The summed E-state index contributed by atoms with van der Waals surface area (Å²) in [6.45, 7) is 12.0. The van der Waals surface area contributed by atoms with Crippen molar-refractivity contribution in [1.29, 1.82) is 0 Å². The third kappa shape index (κ3) is 9.66. The molecule has 0 radical (unpaired) electrons. The van der Waals surface area contributed by atoms with Gasteiger partial charge in [-0.15, -0.1) is 0 Å². The number of alkyl carbamates (subject to hydrolysis) is 1. The Morgan fingerprint density at radius 1 is 1.15 bits per heavy atom. The number of ether oxygens (including phenoxy) is 1. The second-order valence-electron chi connectivity index (χ2n) is 9.01. The summed E-state index contributed by atoms with van der Waals surface area (Å²) in [6, 6.07) is 6.03. The van der Waals surface area contributed by atoms with E-state index in [1.165, 1.54) is 0 Å². The van der Waals surface area contributed by atoms with Gasteiger partial charge in [0.05, 0.1) is 0 Å². The normalized spacial score (nSPS) is 13.1. The molecule has 1 aromatic rings. The van der Waals surface area contributed by atoms with Crippen molar-refractivity contribution in [1.82, 2.24) is 15.5 Å². The first-order valence-electron chi connectivity index (χ1n) is 11.7. The van der Waals surface area contributed by atoms with E-state index in [-0.39, 0.29) is 11.8 Å². The number of nitrogens with one attached hydrogen (secondary N) is 2. The second-order valence-corrected chi connectivity index (χ2v) is 9.99. The molecule has 2 unspecified atom stereocenters. The minimum absolute atomic E-state index is 0.214. The lowest BCUT2D eigenvalue weighted by Gasteiger charge is -2.34. The number of hydrogen-bond acceptors (Lipinski definition) is 5. The predicted molar refractivity (Wildman–Crippen MR) is 135 cm³/mol. The molecule has 0 aromatic heterocycles. The fraction of sp³-hybridized carbons (Fsp3) is 0.640. The maximum Gasteiger partial charge on any atom is 0.408 e. The highest BCUT2D eigenvalue weighted by molar-refractivity contribution is 7.98. The van der Waals surface area contributed by atoms with Gasteiger partial charge < -0.3 is 20.3 Å². The molecule has 186 valence electrons. The van der Waals surface area contributed by atoms with E-state index >= 15 is 0 Å². The number of benzene rings is 1. The summed E-state index contributed by atoms with van der Waals surface area (Å²) < 4.78 is 5.38. The van der Waals surface area contributed by atoms with Crippen molar-refractivity contribution in [2.45, 2.75) is 78.5 Å². The van der Waals surface area contributed by atoms with Crippen LogP contribution in [0.2, 0.25) is 0 Å². The van der Waals surface area contributed by atoms with Gasteiger partial charge in [0.25, 0.3) is 0 Å². The van der Waals surface area contributed by atoms with Crippen molar-refractivity contribution in [3.05, 3.63) is 35.4 Å². The molecule has 0 aliphatic rings. The standard InChI is InChI=1S/C25H41N3O4S/c1-8-10-16-26-22(29)21(19-14-12-11-13-18(19)3)28(9-2)23(30)20(15-17-33-7)27-24(31)32-25(4,5)6/h11-14,20-21H,8-10,15-17H2,1-7H3,(H,26,29)(H,27,31). The number of thioether (sulfide) groups is 1. The van der Waals surface area contributed by atoms with Crippen LogP contribution >= 0.6 is 11.8 Å². The molecule has 3 amide bonds. The first-order valence-corrected chi connectivity index (χ1v) is 13.1. The van der Waals surface area contributed by atoms with Gasteiger partial charge in [-0.2, -0.15) is 11.8 Å². The molecule has 0 aliphatic heterocycles. The van der Waals surface area contributed by atoms with Crippen LogP contribution in [0.4, 0.5) is 4.79 Å². The lowest BCUT2D eigenvalue weighted by molar-refractivity contribution is -0.142. The van der Waals surface area contributed by atoms with E-state index in [1.807, 2.05) is 44.4 Å². The minimum Gasteiger partial charge on any atom is -0.444 e. The predicted octanol–water partition coefficient (Wildman–Crippen LogP) is 4.45. The maximum absolute atomic E-state index is 13.7. The Bertz CT molecular complexity index is 779. The van der Waals surface area contributed by atoms with E-state index in [9.17, 15) is 14.4 Å². The minimum atomic E-state index is -0.790. The van der Waals surface area contributed by atoms with Crippen LogP contribution in [0, 0.1) is 6.92 Å². The number of aryl methyl sites for hydroxylation is 1. The smallest absolute Gasteiger partial charge is 0.408 e. The topological polar surface area (TPSA) is 87.7 Å². The van der Waals surface area contributed by atoms with Crippen molar-refractivity contribution >= 4 is 29.7 Å². The summed E-state index contributed by atoms with van der Waals surface area (Å²) in [4.78, 5) is 41.0. The van der Waals surface area contributed by atoms with Gasteiger partial charge in [0, 0.05) is 13.1 Å². The van der Waals surface area contributed by atoms with Gasteiger partial charge in [0.15, 0.2) is 0 Å². The Labute approximate surface area is 203 Å². The molecule has 0 bridgehead atoms. The highest BCUT2D eigenvalue weighted by Crippen LogP contribution is 2.26. The quantitative estimate of drug-likeness (QED) is 0.433. The molecule has 1 aromatic carbocycles. The molecule has 7 nitrogen and oxygen atoms in total. The fourth-order valence-corrected chi connectivity index (χ4v) is 3.91. The summed E-state index contributed by atoms with van der Waals surface area (Å²) in [7, 11) is 0. The van der Waals surface area contributed by atoms with Gasteiger partial charge in [0.1, 0.15) is 17.7 Å². The van der Waals surface area contributed by atoms with Crippen LogP contribution in [0.15, 0.2) is 24.3 Å². The molecule has 2 atom stereocenters. The van der Waals surface area contributed by atoms with Gasteiger partial charge in [0.2, 0.25) is 11.8 Å². The summed E-state index contributed by atoms with van der Waals surface area (Å²) in [5.74, 6) is 0.173. The monoisotopic (exact) mass is 479 g/mol. The zero-order chi connectivity index (χ0) is 25.0. The van der Waals surface area contributed by atoms with Crippen molar-refractivity contribution < 1.29 is 19.1 Å². The molecule has 0 heterocycles. The molecule has 0 fully saturated rings. The molecule has 8 heteroatoms. The molecule has 0 aliphatic carbocycles. The maximum atomic E-state index is 13.7. The molecule has 0 saturated heterocycles. The van der Waals surface area contributed by atoms with Crippen molar-refractivity contribution in [2.24, 2.45) is 0 Å². The van der Waals surface area contributed by atoms with E-state index in [0.717, 1.165) is 24.0 Å². The Hall–Kier alpha value is -2.22. The van der Waals surface area contributed by atoms with Crippen LogP contribution in [0.3, 0.4) is 0 Å². The third-order valence-corrected chi connectivity index (χ3v) is 5.74. The van der Waals surface area contributed by atoms with Crippen LogP contribution in [-0.4, -0.2) is 59.5 Å². The number of unbranched alkanes of at least 4 members (excludes halogenated alkanes) is 1. The molecule has 0 spiro atoms. The summed E-state index contributed by atoms with van der Waals surface area (Å²) >= 11 is 1.59. The van der Waals surface area contributed by atoms with Crippen molar-refractivity contribution in [2.75, 3.05) is 25.1 Å². The van der Waals surface area contributed by atoms with Gasteiger partial charge >= 0.3 is 6.09 Å². The van der Waals surface area contributed by atoms with Crippen LogP contribution in [0.1, 0.15) is 71.0 Å². The molecular formula is C25H41N3O4S. The first-order chi connectivity index (χ1) is 15.6. The average Bonchev–Trinajstić information content (AvgIpc) is 2.74. The lowest BCUT2D eigenvalue weighted by atomic mass is 9.98. The third-order valence-electron chi connectivity index (χ3n) is 5.10. The van der Waals surface area contributed by atoms with Gasteiger partial charge in [-0.05, 0) is 70.6 Å². The number of rotatable bonds is 12. The highest BCUT2D eigenvalue weighted by atomic mass is 32.2. The Balaban J connectivity index is 3.28. The molecule has 33 heavy (non-hydrogen) atoms.